The van der Waals surface area contributed by atoms with Crippen LogP contribution < -0.4 is 5.43 Å². The first kappa shape index (κ1) is 16.0. The molecule has 1 amide bonds. The lowest BCUT2D eigenvalue weighted by molar-refractivity contribution is -0.201. The molecule has 0 fully saturated rings. The number of rotatable bonds is 4. The van der Waals surface area contributed by atoms with Gasteiger partial charge in [0.2, 0.25) is 0 Å². The van der Waals surface area contributed by atoms with E-state index in [1.807, 2.05) is 5.43 Å². The number of amides is 1. The Morgan fingerprint density at radius 2 is 2.00 bits per heavy atom. The molecule has 1 aromatic rings. The van der Waals surface area contributed by atoms with Crippen LogP contribution in [0.15, 0.2) is 29.4 Å². The molecule has 0 aromatic heterocycles. The van der Waals surface area contributed by atoms with Crippen LogP contribution in [0.25, 0.3) is 0 Å². The number of hydrogen-bond donors (Lipinski definition) is 3. The monoisotopic (exact) mass is 290 g/mol. The Labute approximate surface area is 112 Å². The summed E-state index contributed by atoms with van der Waals surface area (Å²) in [5.41, 5.74) is 1.85. The summed E-state index contributed by atoms with van der Waals surface area (Å²) in [6.07, 6.45) is -8.02. The Hall–Kier alpha value is -2.09. The molecule has 110 valence electrons. The molecule has 3 N–H and O–H groups in total. The lowest BCUT2D eigenvalue weighted by Crippen LogP contribution is -2.31. The van der Waals surface area contributed by atoms with Crippen LogP contribution in [0.5, 0.6) is 5.75 Å². The topological polar surface area (TPSA) is 81.9 Å². The van der Waals surface area contributed by atoms with Gasteiger partial charge in [-0.1, -0.05) is 12.1 Å². The van der Waals surface area contributed by atoms with Crippen LogP contribution >= 0.6 is 0 Å². The average Bonchev–Trinajstić information content (AvgIpc) is 2.35. The Kier molecular flexibility index (Phi) is 5.09. The number of carbonyl (C=O) groups excluding carboxylic acids is 1. The fourth-order valence-electron chi connectivity index (χ4n) is 1.31. The van der Waals surface area contributed by atoms with Crippen molar-refractivity contribution in [3.8, 4) is 5.75 Å². The summed E-state index contributed by atoms with van der Waals surface area (Å²) in [6.45, 7) is 1.24. The fourth-order valence-corrected chi connectivity index (χ4v) is 1.31. The first-order valence-corrected chi connectivity index (χ1v) is 5.58. The lowest BCUT2D eigenvalue weighted by atomic mass is 10.2. The van der Waals surface area contributed by atoms with E-state index >= 15 is 0 Å². The van der Waals surface area contributed by atoms with Gasteiger partial charge in [-0.05, 0) is 19.1 Å². The summed E-state index contributed by atoms with van der Waals surface area (Å²) in [4.78, 5) is 11.6. The summed E-state index contributed by atoms with van der Waals surface area (Å²) in [5.74, 6) is -1.03. The Bertz CT molecular complexity index is 515. The number of aliphatic hydroxyl groups is 1. The van der Waals surface area contributed by atoms with Crippen LogP contribution in [0, 0.1) is 0 Å². The number of benzene rings is 1. The molecule has 5 nitrogen and oxygen atoms in total. The highest BCUT2D eigenvalue weighted by atomic mass is 19.4. The molecule has 1 rings (SSSR count). The van der Waals surface area contributed by atoms with Gasteiger partial charge in [0.15, 0.2) is 6.10 Å². The average molecular weight is 290 g/mol. The molecule has 0 spiro atoms. The molecule has 1 aromatic carbocycles. The van der Waals surface area contributed by atoms with Crippen molar-refractivity contribution < 1.29 is 28.2 Å². The van der Waals surface area contributed by atoms with E-state index in [4.69, 9.17) is 5.11 Å². The zero-order chi connectivity index (χ0) is 15.3. The minimum absolute atomic E-state index is 0.0552. The molecule has 0 heterocycles. The zero-order valence-electron chi connectivity index (χ0n) is 10.5. The van der Waals surface area contributed by atoms with E-state index in [9.17, 15) is 23.1 Å². The number of hydrazone groups is 1. The third-order valence-corrected chi connectivity index (χ3v) is 2.36. The second-order valence-corrected chi connectivity index (χ2v) is 4.07. The summed E-state index contributed by atoms with van der Waals surface area (Å²) < 4.78 is 36.3. The van der Waals surface area contributed by atoms with Gasteiger partial charge in [-0.3, -0.25) is 4.79 Å². The maximum atomic E-state index is 12.1. The number of alkyl halides is 3. The fraction of sp³-hybridized carbons (Fsp3) is 0.333. The van der Waals surface area contributed by atoms with Gasteiger partial charge in [0.05, 0.1) is 5.56 Å². The normalized spacial score (nSPS) is 13.9. The highest BCUT2D eigenvalue weighted by Crippen LogP contribution is 2.22. The zero-order valence-corrected chi connectivity index (χ0v) is 10.5. The summed E-state index contributed by atoms with van der Waals surface area (Å²) in [7, 11) is 0. The van der Waals surface area contributed by atoms with E-state index in [0.717, 1.165) is 0 Å². The number of phenols is 1. The van der Waals surface area contributed by atoms with Crippen molar-refractivity contribution in [1.82, 2.24) is 5.43 Å². The number of hydrogen-bond acceptors (Lipinski definition) is 4. The molecule has 8 heteroatoms. The Balaban J connectivity index is 2.64. The number of carbonyl (C=O) groups is 1. The van der Waals surface area contributed by atoms with Gasteiger partial charge >= 0.3 is 6.18 Å². The third kappa shape index (κ3) is 4.54. The molecule has 20 heavy (non-hydrogen) atoms. The highest BCUT2D eigenvalue weighted by molar-refractivity contribution is 5.97. The third-order valence-electron chi connectivity index (χ3n) is 2.36. The molecule has 1 unspecified atom stereocenters. The van der Waals surface area contributed by atoms with Crippen molar-refractivity contribution in [3.63, 3.8) is 0 Å². The second kappa shape index (κ2) is 6.38. The largest absolute Gasteiger partial charge is 0.507 e. The van der Waals surface area contributed by atoms with E-state index in [-0.39, 0.29) is 17.0 Å². The van der Waals surface area contributed by atoms with Crippen molar-refractivity contribution in [2.45, 2.75) is 25.6 Å². The van der Waals surface area contributed by atoms with Gasteiger partial charge in [0, 0.05) is 12.1 Å². The number of phenolic OH excluding ortho intramolecular Hbond substituents is 1. The summed E-state index contributed by atoms with van der Waals surface area (Å²) >= 11 is 0. The molecule has 0 saturated carbocycles. The van der Waals surface area contributed by atoms with Gasteiger partial charge in [0.1, 0.15) is 5.75 Å². The van der Waals surface area contributed by atoms with E-state index < -0.39 is 24.6 Å². The van der Waals surface area contributed by atoms with Crippen LogP contribution in [0.2, 0.25) is 0 Å². The molecular formula is C12H13F3N2O3. The predicted octanol–water partition coefficient (Wildman–Crippen LogP) is 1.81. The molecular weight excluding hydrogens is 277 g/mol. The number of aromatic hydroxyl groups is 1. The van der Waals surface area contributed by atoms with Crippen LogP contribution in [0.4, 0.5) is 13.2 Å². The number of nitrogens with zero attached hydrogens (tertiary/aromatic N) is 1. The molecule has 0 radical (unpaired) electrons. The molecule has 0 aliphatic heterocycles. The SMILES string of the molecule is C/C(CC(O)C(F)(F)F)=N\NC(=O)c1ccccc1O. The van der Waals surface area contributed by atoms with E-state index in [1.165, 1.54) is 31.2 Å². The standard InChI is InChI=1S/C12H13F3N2O3/c1-7(6-10(19)12(13,14)15)16-17-11(20)8-4-2-3-5-9(8)18/h2-5,10,18-19H,6H2,1H3,(H,17,20)/b16-7+. The van der Waals surface area contributed by atoms with Crippen LogP contribution in [-0.4, -0.2) is 34.1 Å². The van der Waals surface area contributed by atoms with E-state index in [2.05, 4.69) is 5.10 Å². The minimum atomic E-state index is -4.74. The molecule has 0 bridgehead atoms. The minimum Gasteiger partial charge on any atom is -0.507 e. The lowest BCUT2D eigenvalue weighted by Gasteiger charge is -2.13. The summed E-state index contributed by atoms with van der Waals surface area (Å²) in [6, 6.07) is 5.65. The van der Waals surface area contributed by atoms with Crippen molar-refractivity contribution in [2.75, 3.05) is 0 Å². The number of nitrogens with one attached hydrogen (secondary N) is 1. The molecule has 0 aliphatic rings. The molecule has 0 saturated heterocycles. The van der Waals surface area contributed by atoms with E-state index in [1.54, 1.807) is 0 Å². The second-order valence-electron chi connectivity index (χ2n) is 4.07. The maximum Gasteiger partial charge on any atom is 0.414 e. The Morgan fingerprint density at radius 1 is 1.40 bits per heavy atom. The molecule has 0 aliphatic carbocycles. The van der Waals surface area contributed by atoms with Crippen molar-refractivity contribution >= 4 is 11.6 Å². The van der Waals surface area contributed by atoms with Gasteiger partial charge < -0.3 is 10.2 Å². The van der Waals surface area contributed by atoms with Crippen LogP contribution in [0.1, 0.15) is 23.7 Å². The van der Waals surface area contributed by atoms with Crippen molar-refractivity contribution in [2.24, 2.45) is 5.10 Å². The number of aliphatic hydroxyl groups excluding tert-OH is 1. The highest BCUT2D eigenvalue weighted by Gasteiger charge is 2.38. The van der Waals surface area contributed by atoms with Crippen molar-refractivity contribution in [3.05, 3.63) is 29.8 Å². The Morgan fingerprint density at radius 3 is 2.55 bits per heavy atom. The predicted molar refractivity (Wildman–Crippen MR) is 65.4 cm³/mol. The van der Waals surface area contributed by atoms with Crippen molar-refractivity contribution in [1.29, 1.82) is 0 Å². The van der Waals surface area contributed by atoms with E-state index in [0.29, 0.717) is 0 Å². The first-order chi connectivity index (χ1) is 9.21. The van der Waals surface area contributed by atoms with Gasteiger partial charge in [-0.2, -0.15) is 18.3 Å². The molecule has 1 atom stereocenters. The number of halogens is 3. The van der Waals surface area contributed by atoms with Gasteiger partial charge in [-0.15, -0.1) is 0 Å². The quantitative estimate of drug-likeness (QED) is 0.584. The van der Waals surface area contributed by atoms with Gasteiger partial charge in [-0.25, -0.2) is 5.43 Å². The smallest absolute Gasteiger partial charge is 0.414 e. The van der Waals surface area contributed by atoms with Crippen LogP contribution in [-0.2, 0) is 0 Å². The summed E-state index contributed by atoms with van der Waals surface area (Å²) in [5, 5.41) is 21.7. The first-order valence-electron chi connectivity index (χ1n) is 5.58. The number of para-hydroxylation sites is 1. The maximum absolute atomic E-state index is 12.1. The van der Waals surface area contributed by atoms with Gasteiger partial charge in [0.25, 0.3) is 5.91 Å². The van der Waals surface area contributed by atoms with Crippen LogP contribution in [0.3, 0.4) is 0 Å².